The molecule has 184 valence electrons. The molecule has 0 radical (unpaired) electrons. The van der Waals surface area contributed by atoms with Crippen LogP contribution in [0.25, 0.3) is 0 Å². The number of hydrogen-bond donors (Lipinski definition) is 1. The Morgan fingerprint density at radius 1 is 1.06 bits per heavy atom. The molecule has 2 rings (SSSR count). The zero-order chi connectivity index (χ0) is 25.5. The quantitative estimate of drug-likeness (QED) is 0.487. The van der Waals surface area contributed by atoms with Gasteiger partial charge in [-0.3, -0.25) is 18.7 Å². The van der Waals surface area contributed by atoms with Crippen LogP contribution in [0, 0.1) is 5.82 Å². The van der Waals surface area contributed by atoms with Crippen molar-refractivity contribution in [3.8, 4) is 0 Å². The maximum atomic E-state index is 13.5. The molecule has 0 fully saturated rings. The molecule has 2 amide bonds. The van der Waals surface area contributed by atoms with E-state index in [1.54, 1.807) is 19.9 Å². The summed E-state index contributed by atoms with van der Waals surface area (Å²) in [5, 5.41) is 2.70. The highest BCUT2D eigenvalue weighted by molar-refractivity contribution is 7.92. The summed E-state index contributed by atoms with van der Waals surface area (Å²) < 4.78 is 39.5. The summed E-state index contributed by atoms with van der Waals surface area (Å²) in [4.78, 5) is 39.2. The molecule has 0 heterocycles. The van der Waals surface area contributed by atoms with Crippen molar-refractivity contribution in [1.29, 1.82) is 0 Å². The topological polar surface area (TPSA) is 104 Å². The molecular weight excluding hydrogens is 461 g/mol. The number of hydrogen-bond acceptors (Lipinski definition) is 5. The van der Waals surface area contributed by atoms with Crippen molar-refractivity contribution in [3.63, 3.8) is 0 Å². The smallest absolute Gasteiger partial charge is 0.244 e. The summed E-state index contributed by atoms with van der Waals surface area (Å²) in [7, 11) is -3.91. The van der Waals surface area contributed by atoms with Crippen LogP contribution in [0.3, 0.4) is 0 Å². The standard InChI is InChI=1S/C24H30FN3O5S/c1-5-22(24(31)26-6-2)27(15-18-10-12-20(25)13-11-18)23(30)16-28(34(4,32)33)21-9-7-8-19(14-21)17(3)29/h7-14,22H,5-6,15-16H2,1-4H3,(H,26,31). The van der Waals surface area contributed by atoms with Gasteiger partial charge in [0.2, 0.25) is 21.8 Å². The molecule has 2 aromatic carbocycles. The number of amides is 2. The van der Waals surface area contributed by atoms with Gasteiger partial charge in [-0.05, 0) is 50.1 Å². The van der Waals surface area contributed by atoms with Gasteiger partial charge in [0.1, 0.15) is 18.4 Å². The number of Topliss-reactive ketones (excluding diaryl/α,β-unsaturated/α-hetero) is 1. The van der Waals surface area contributed by atoms with E-state index in [-0.39, 0.29) is 30.3 Å². The van der Waals surface area contributed by atoms with E-state index >= 15 is 0 Å². The number of rotatable bonds is 11. The molecule has 0 saturated carbocycles. The second-order valence-electron chi connectivity index (χ2n) is 7.84. The van der Waals surface area contributed by atoms with Crippen molar-refractivity contribution in [2.24, 2.45) is 0 Å². The van der Waals surface area contributed by atoms with E-state index in [0.717, 1.165) is 10.6 Å². The Bertz CT molecular complexity index is 1140. The normalized spacial score (nSPS) is 12.0. The van der Waals surface area contributed by atoms with E-state index in [1.807, 2.05) is 0 Å². The van der Waals surface area contributed by atoms with Crippen molar-refractivity contribution in [2.75, 3.05) is 23.7 Å². The number of nitrogens with one attached hydrogen (secondary N) is 1. The van der Waals surface area contributed by atoms with E-state index in [0.29, 0.717) is 17.7 Å². The van der Waals surface area contributed by atoms with Crippen molar-refractivity contribution in [2.45, 2.75) is 39.8 Å². The van der Waals surface area contributed by atoms with Crippen molar-refractivity contribution in [1.82, 2.24) is 10.2 Å². The van der Waals surface area contributed by atoms with Gasteiger partial charge in [0.15, 0.2) is 5.78 Å². The number of likely N-dealkylation sites (N-methyl/N-ethyl adjacent to an activating group) is 1. The van der Waals surface area contributed by atoms with Crippen LogP contribution in [0.4, 0.5) is 10.1 Å². The van der Waals surface area contributed by atoms with Gasteiger partial charge < -0.3 is 10.2 Å². The molecule has 1 unspecified atom stereocenters. The van der Waals surface area contributed by atoms with Crippen LogP contribution in [-0.2, 0) is 26.2 Å². The van der Waals surface area contributed by atoms with E-state index in [2.05, 4.69) is 5.32 Å². The van der Waals surface area contributed by atoms with E-state index in [1.165, 1.54) is 54.3 Å². The first-order valence-corrected chi connectivity index (χ1v) is 12.7. The van der Waals surface area contributed by atoms with Crippen LogP contribution in [0.2, 0.25) is 0 Å². The Hall–Kier alpha value is -3.27. The zero-order valence-electron chi connectivity index (χ0n) is 19.7. The lowest BCUT2D eigenvalue weighted by molar-refractivity contribution is -0.140. The second-order valence-corrected chi connectivity index (χ2v) is 9.75. The summed E-state index contributed by atoms with van der Waals surface area (Å²) >= 11 is 0. The molecule has 1 N–H and O–H groups in total. The first-order valence-electron chi connectivity index (χ1n) is 10.9. The highest BCUT2D eigenvalue weighted by Gasteiger charge is 2.31. The lowest BCUT2D eigenvalue weighted by Crippen LogP contribution is -2.52. The van der Waals surface area contributed by atoms with Gasteiger partial charge in [-0.25, -0.2) is 12.8 Å². The highest BCUT2D eigenvalue weighted by atomic mass is 32.2. The van der Waals surface area contributed by atoms with E-state index < -0.39 is 34.3 Å². The van der Waals surface area contributed by atoms with Gasteiger partial charge in [-0.2, -0.15) is 0 Å². The molecular formula is C24H30FN3O5S. The minimum Gasteiger partial charge on any atom is -0.355 e. The number of halogens is 1. The third kappa shape index (κ3) is 7.11. The van der Waals surface area contributed by atoms with Crippen LogP contribution in [0.15, 0.2) is 48.5 Å². The Labute approximate surface area is 199 Å². The molecule has 1 atom stereocenters. The fourth-order valence-corrected chi connectivity index (χ4v) is 4.33. The SMILES string of the molecule is CCNC(=O)C(CC)N(Cc1ccc(F)cc1)C(=O)CN(c1cccc(C(C)=O)c1)S(C)(=O)=O. The number of benzene rings is 2. The van der Waals surface area contributed by atoms with Gasteiger partial charge in [0, 0.05) is 18.7 Å². The molecule has 10 heteroatoms. The largest absolute Gasteiger partial charge is 0.355 e. The predicted octanol–water partition coefficient (Wildman–Crippen LogP) is 2.74. The van der Waals surface area contributed by atoms with Crippen LogP contribution >= 0.6 is 0 Å². The number of carbonyl (C=O) groups is 3. The molecule has 0 spiro atoms. The first-order chi connectivity index (χ1) is 16.0. The summed E-state index contributed by atoms with van der Waals surface area (Å²) in [6, 6.07) is 10.6. The Morgan fingerprint density at radius 3 is 2.24 bits per heavy atom. The summed E-state index contributed by atoms with van der Waals surface area (Å²) in [5.41, 5.74) is 1.05. The lowest BCUT2D eigenvalue weighted by Gasteiger charge is -2.32. The molecule has 0 saturated heterocycles. The molecule has 34 heavy (non-hydrogen) atoms. The van der Waals surface area contributed by atoms with E-state index in [4.69, 9.17) is 0 Å². The highest BCUT2D eigenvalue weighted by Crippen LogP contribution is 2.21. The van der Waals surface area contributed by atoms with Crippen molar-refractivity contribution in [3.05, 3.63) is 65.5 Å². The minimum absolute atomic E-state index is 0.0140. The first kappa shape index (κ1) is 27.0. The van der Waals surface area contributed by atoms with E-state index in [9.17, 15) is 27.2 Å². The van der Waals surface area contributed by atoms with Crippen molar-refractivity contribution < 1.29 is 27.2 Å². The average molecular weight is 492 g/mol. The van der Waals surface area contributed by atoms with Crippen LogP contribution < -0.4 is 9.62 Å². The number of sulfonamides is 1. The zero-order valence-corrected chi connectivity index (χ0v) is 20.6. The minimum atomic E-state index is -3.91. The molecule has 2 aromatic rings. The fraction of sp³-hybridized carbons (Fsp3) is 0.375. The predicted molar refractivity (Wildman–Crippen MR) is 128 cm³/mol. The molecule has 0 bridgehead atoms. The number of ketones is 1. The summed E-state index contributed by atoms with van der Waals surface area (Å²) in [6.45, 7) is 4.63. The van der Waals surface area contributed by atoms with Crippen LogP contribution in [0.5, 0.6) is 0 Å². The fourth-order valence-electron chi connectivity index (χ4n) is 3.49. The summed E-state index contributed by atoms with van der Waals surface area (Å²) in [6.07, 6.45) is 1.25. The third-order valence-corrected chi connectivity index (χ3v) is 6.36. The molecule has 0 aromatic heterocycles. The summed E-state index contributed by atoms with van der Waals surface area (Å²) in [5.74, 6) is -1.67. The Morgan fingerprint density at radius 2 is 1.71 bits per heavy atom. The van der Waals surface area contributed by atoms with Gasteiger partial charge in [0.25, 0.3) is 0 Å². The molecule has 8 nitrogen and oxygen atoms in total. The maximum absolute atomic E-state index is 13.5. The average Bonchev–Trinajstić information content (AvgIpc) is 2.78. The molecule has 0 aliphatic carbocycles. The van der Waals surface area contributed by atoms with Crippen molar-refractivity contribution >= 4 is 33.3 Å². The molecule has 0 aliphatic rings. The second kappa shape index (κ2) is 11.7. The monoisotopic (exact) mass is 491 g/mol. The third-order valence-electron chi connectivity index (χ3n) is 5.22. The van der Waals surface area contributed by atoms with Crippen LogP contribution in [0.1, 0.15) is 43.1 Å². The maximum Gasteiger partial charge on any atom is 0.244 e. The lowest BCUT2D eigenvalue weighted by atomic mass is 10.1. The number of anilines is 1. The van der Waals surface area contributed by atoms with Crippen LogP contribution in [-0.4, -0.2) is 56.3 Å². The van der Waals surface area contributed by atoms with Gasteiger partial charge in [-0.1, -0.05) is 31.2 Å². The Kier molecular flexibility index (Phi) is 9.31. The Balaban J connectivity index is 2.45. The van der Waals surface area contributed by atoms with Gasteiger partial charge in [0.05, 0.1) is 11.9 Å². The van der Waals surface area contributed by atoms with Gasteiger partial charge in [-0.15, -0.1) is 0 Å². The number of carbonyl (C=O) groups excluding carboxylic acids is 3. The number of nitrogens with zero attached hydrogens (tertiary/aromatic N) is 2. The molecule has 0 aliphatic heterocycles. The van der Waals surface area contributed by atoms with Gasteiger partial charge >= 0.3 is 0 Å².